The minimum Gasteiger partial charge on any atom is -0.356 e. The van der Waals surface area contributed by atoms with E-state index in [4.69, 9.17) is 0 Å². The van der Waals surface area contributed by atoms with Gasteiger partial charge in [0.05, 0.1) is 0 Å². The molecule has 21 heavy (non-hydrogen) atoms. The fourth-order valence-corrected chi connectivity index (χ4v) is 2.75. The van der Waals surface area contributed by atoms with Crippen LogP contribution in [0.4, 0.5) is 0 Å². The van der Waals surface area contributed by atoms with Gasteiger partial charge in [-0.3, -0.25) is 4.99 Å². The minimum absolute atomic E-state index is 0. The Kier molecular flexibility index (Phi) is 8.07. The van der Waals surface area contributed by atoms with Crippen molar-refractivity contribution in [2.24, 2.45) is 10.9 Å². The fourth-order valence-electron chi connectivity index (χ4n) is 2.75. The van der Waals surface area contributed by atoms with Crippen molar-refractivity contribution >= 4 is 29.9 Å². The highest BCUT2D eigenvalue weighted by Crippen LogP contribution is 2.26. The van der Waals surface area contributed by atoms with Crippen molar-refractivity contribution in [2.45, 2.75) is 32.6 Å². The molecule has 1 heterocycles. The van der Waals surface area contributed by atoms with E-state index in [1.165, 1.54) is 18.4 Å². The lowest BCUT2D eigenvalue weighted by molar-refractivity contribution is 0.477. The third-order valence-corrected chi connectivity index (χ3v) is 3.98. The van der Waals surface area contributed by atoms with Gasteiger partial charge in [0.1, 0.15) is 0 Å². The van der Waals surface area contributed by atoms with Crippen LogP contribution in [-0.4, -0.2) is 37.5 Å². The molecule has 0 aliphatic carbocycles. The van der Waals surface area contributed by atoms with Gasteiger partial charge >= 0.3 is 0 Å². The molecular formula is C17H28IN3. The summed E-state index contributed by atoms with van der Waals surface area (Å²) in [7, 11) is 1.88. The van der Waals surface area contributed by atoms with Crippen molar-refractivity contribution in [3.63, 3.8) is 0 Å². The van der Waals surface area contributed by atoms with Crippen molar-refractivity contribution in [2.75, 3.05) is 26.7 Å². The van der Waals surface area contributed by atoms with Gasteiger partial charge in [-0.1, -0.05) is 44.2 Å². The average molecular weight is 401 g/mol. The number of nitrogens with zero attached hydrogens (tertiary/aromatic N) is 2. The number of nitrogens with one attached hydrogen (secondary N) is 1. The lowest BCUT2D eigenvalue weighted by Gasteiger charge is -2.22. The summed E-state index contributed by atoms with van der Waals surface area (Å²) in [6.45, 7) is 7.70. The molecule has 0 aromatic heterocycles. The Morgan fingerprint density at radius 3 is 2.67 bits per heavy atom. The average Bonchev–Trinajstić information content (AvgIpc) is 2.94. The summed E-state index contributed by atoms with van der Waals surface area (Å²) in [6.07, 6.45) is 2.41. The second kappa shape index (κ2) is 9.28. The molecule has 1 atom stereocenters. The minimum atomic E-state index is 0. The number of hydrogen-bond acceptors (Lipinski definition) is 1. The van der Waals surface area contributed by atoms with Gasteiger partial charge in [-0.05, 0) is 24.3 Å². The number of benzene rings is 1. The molecule has 1 unspecified atom stereocenters. The van der Waals surface area contributed by atoms with Crippen LogP contribution < -0.4 is 5.32 Å². The largest absolute Gasteiger partial charge is 0.356 e. The second-order valence-corrected chi connectivity index (χ2v) is 6.00. The maximum atomic E-state index is 4.43. The molecule has 1 aromatic rings. The van der Waals surface area contributed by atoms with Gasteiger partial charge in [0.2, 0.25) is 0 Å². The Morgan fingerprint density at radius 2 is 2.05 bits per heavy atom. The van der Waals surface area contributed by atoms with E-state index in [1.807, 2.05) is 7.05 Å². The van der Waals surface area contributed by atoms with Crippen molar-refractivity contribution in [1.82, 2.24) is 10.2 Å². The Hall–Kier alpha value is -0.780. The summed E-state index contributed by atoms with van der Waals surface area (Å²) in [5.74, 6) is 2.43. The van der Waals surface area contributed by atoms with Gasteiger partial charge in [0.15, 0.2) is 5.96 Å². The molecule has 118 valence electrons. The van der Waals surface area contributed by atoms with Crippen LogP contribution in [-0.2, 0) is 0 Å². The monoisotopic (exact) mass is 401 g/mol. The number of aliphatic imine (C=N–C) groups is 1. The van der Waals surface area contributed by atoms with Crippen molar-refractivity contribution in [1.29, 1.82) is 0 Å². The van der Waals surface area contributed by atoms with E-state index in [-0.39, 0.29) is 24.0 Å². The first-order chi connectivity index (χ1) is 9.70. The molecule has 1 aliphatic heterocycles. The smallest absolute Gasteiger partial charge is 0.193 e. The van der Waals surface area contributed by atoms with Gasteiger partial charge in [0, 0.05) is 32.6 Å². The van der Waals surface area contributed by atoms with Crippen molar-refractivity contribution < 1.29 is 0 Å². The van der Waals surface area contributed by atoms with Crippen LogP contribution in [0, 0.1) is 5.92 Å². The quantitative estimate of drug-likeness (QED) is 0.473. The molecule has 1 aromatic carbocycles. The number of hydrogen-bond donors (Lipinski definition) is 1. The Morgan fingerprint density at radius 1 is 1.33 bits per heavy atom. The van der Waals surface area contributed by atoms with Crippen LogP contribution >= 0.6 is 24.0 Å². The normalized spacial score (nSPS) is 18.8. The topological polar surface area (TPSA) is 27.6 Å². The second-order valence-electron chi connectivity index (χ2n) is 6.00. The molecule has 3 nitrogen and oxygen atoms in total. The van der Waals surface area contributed by atoms with E-state index in [2.05, 4.69) is 59.4 Å². The lowest BCUT2D eigenvalue weighted by Crippen LogP contribution is -2.40. The van der Waals surface area contributed by atoms with E-state index in [1.54, 1.807) is 0 Å². The third-order valence-electron chi connectivity index (χ3n) is 3.98. The Balaban J connectivity index is 0.00000220. The highest BCUT2D eigenvalue weighted by atomic mass is 127. The van der Waals surface area contributed by atoms with Gasteiger partial charge in [-0.2, -0.15) is 0 Å². The lowest BCUT2D eigenvalue weighted by atomic mass is 9.99. The highest BCUT2D eigenvalue weighted by Gasteiger charge is 2.25. The molecular weight excluding hydrogens is 373 g/mol. The molecule has 1 aliphatic rings. The zero-order valence-corrected chi connectivity index (χ0v) is 15.7. The highest BCUT2D eigenvalue weighted by molar-refractivity contribution is 14.0. The SMILES string of the molecule is CN=C(NCCC(C)C)N1CCC(c2ccccc2)C1.I. The van der Waals surface area contributed by atoms with Crippen molar-refractivity contribution in [3.8, 4) is 0 Å². The van der Waals surface area contributed by atoms with Crippen LogP contribution in [0.5, 0.6) is 0 Å². The molecule has 1 N–H and O–H groups in total. The van der Waals surface area contributed by atoms with Crippen LogP contribution in [0.3, 0.4) is 0 Å². The van der Waals surface area contributed by atoms with E-state index in [9.17, 15) is 0 Å². The Labute approximate surface area is 146 Å². The van der Waals surface area contributed by atoms with Gasteiger partial charge in [0.25, 0.3) is 0 Å². The molecule has 0 saturated carbocycles. The number of rotatable bonds is 4. The molecule has 1 saturated heterocycles. The van der Waals surface area contributed by atoms with Crippen LogP contribution in [0.2, 0.25) is 0 Å². The number of likely N-dealkylation sites (tertiary alicyclic amines) is 1. The maximum Gasteiger partial charge on any atom is 0.193 e. The standard InChI is InChI=1S/C17H27N3.HI/c1-14(2)9-11-19-17(18-3)20-12-10-16(13-20)15-7-5-4-6-8-15;/h4-8,14,16H,9-13H2,1-3H3,(H,18,19);1H. The molecule has 0 radical (unpaired) electrons. The molecule has 0 amide bonds. The fraction of sp³-hybridized carbons (Fsp3) is 0.588. The summed E-state index contributed by atoms with van der Waals surface area (Å²) in [6, 6.07) is 10.8. The van der Waals surface area contributed by atoms with Crippen molar-refractivity contribution in [3.05, 3.63) is 35.9 Å². The first kappa shape index (κ1) is 18.3. The molecule has 4 heteroatoms. The third kappa shape index (κ3) is 5.49. The van der Waals surface area contributed by atoms with E-state index in [0.717, 1.165) is 31.5 Å². The zero-order valence-electron chi connectivity index (χ0n) is 13.4. The van der Waals surface area contributed by atoms with Crippen LogP contribution in [0.15, 0.2) is 35.3 Å². The molecule has 2 rings (SSSR count). The number of halogens is 1. The van der Waals surface area contributed by atoms with Gasteiger partial charge in [-0.25, -0.2) is 0 Å². The predicted molar refractivity (Wildman–Crippen MR) is 102 cm³/mol. The summed E-state index contributed by atoms with van der Waals surface area (Å²) in [5, 5.41) is 3.49. The molecule has 1 fully saturated rings. The zero-order chi connectivity index (χ0) is 14.4. The van der Waals surface area contributed by atoms with E-state index >= 15 is 0 Å². The first-order valence-corrected chi connectivity index (χ1v) is 7.71. The van der Waals surface area contributed by atoms with Gasteiger partial charge in [-0.15, -0.1) is 24.0 Å². The summed E-state index contributed by atoms with van der Waals surface area (Å²) in [4.78, 5) is 6.81. The van der Waals surface area contributed by atoms with Crippen LogP contribution in [0.1, 0.15) is 38.2 Å². The summed E-state index contributed by atoms with van der Waals surface area (Å²) < 4.78 is 0. The molecule has 0 spiro atoms. The predicted octanol–water partition coefficient (Wildman–Crippen LogP) is 3.72. The summed E-state index contributed by atoms with van der Waals surface area (Å²) in [5.41, 5.74) is 1.45. The van der Waals surface area contributed by atoms with E-state index in [0.29, 0.717) is 5.92 Å². The number of guanidine groups is 1. The first-order valence-electron chi connectivity index (χ1n) is 7.71. The molecule has 0 bridgehead atoms. The van der Waals surface area contributed by atoms with E-state index < -0.39 is 0 Å². The maximum absolute atomic E-state index is 4.43. The van der Waals surface area contributed by atoms with Gasteiger partial charge < -0.3 is 10.2 Å². The Bertz CT molecular complexity index is 431. The van der Waals surface area contributed by atoms with Crippen LogP contribution in [0.25, 0.3) is 0 Å². The summed E-state index contributed by atoms with van der Waals surface area (Å²) >= 11 is 0.